The average Bonchev–Trinajstić information content (AvgIpc) is 2.75. The highest BCUT2D eigenvalue weighted by Gasteiger charge is 2.31. The molecule has 24 heavy (non-hydrogen) atoms. The number of benzene rings is 1. The highest BCUT2D eigenvalue weighted by atomic mass is 32.2. The minimum atomic E-state index is -1.08. The van der Waals surface area contributed by atoms with Crippen molar-refractivity contribution in [2.75, 3.05) is 6.54 Å². The van der Waals surface area contributed by atoms with E-state index in [4.69, 9.17) is 12.2 Å². The van der Waals surface area contributed by atoms with Crippen LogP contribution in [0.15, 0.2) is 17.0 Å². The topological polar surface area (TPSA) is 80.7 Å². The predicted molar refractivity (Wildman–Crippen MR) is 96.3 cm³/mol. The van der Waals surface area contributed by atoms with Crippen LogP contribution in [-0.2, 0) is 9.59 Å². The summed E-state index contributed by atoms with van der Waals surface area (Å²) < 4.78 is 0.479. The van der Waals surface area contributed by atoms with Crippen LogP contribution in [0.1, 0.15) is 36.0 Å². The first-order valence-electron chi connectivity index (χ1n) is 7.55. The number of nitrogens with zero attached hydrogens (tertiary/aromatic N) is 1. The fourth-order valence-electron chi connectivity index (χ4n) is 2.46. The van der Waals surface area contributed by atoms with E-state index in [-0.39, 0.29) is 18.1 Å². The largest absolute Gasteiger partial charge is 0.550 e. The van der Waals surface area contributed by atoms with Gasteiger partial charge in [-0.2, -0.15) is 0 Å². The summed E-state index contributed by atoms with van der Waals surface area (Å²) in [6.45, 7) is 4.02. The molecule has 1 amide bonds. The number of phenolic OH excluding ortho intramolecular Hbond substituents is 1. The Morgan fingerprint density at radius 2 is 1.96 bits per heavy atom. The first kappa shape index (κ1) is 18.5. The van der Waals surface area contributed by atoms with E-state index in [0.29, 0.717) is 28.6 Å². The van der Waals surface area contributed by atoms with Gasteiger partial charge in [-0.3, -0.25) is 9.69 Å². The lowest BCUT2D eigenvalue weighted by Gasteiger charge is -2.14. The number of phenols is 1. The number of thiocarbonyl (C=S) groups is 1. The van der Waals surface area contributed by atoms with Gasteiger partial charge < -0.3 is 15.0 Å². The number of amides is 1. The van der Waals surface area contributed by atoms with Crippen molar-refractivity contribution in [1.29, 1.82) is 0 Å². The molecule has 7 heteroatoms. The summed E-state index contributed by atoms with van der Waals surface area (Å²) in [5.41, 5.74) is 2.33. The maximum absolute atomic E-state index is 12.5. The number of carbonyl (C=O) groups excluding carboxylic acids is 2. The van der Waals surface area contributed by atoms with Crippen molar-refractivity contribution in [2.45, 2.75) is 33.1 Å². The molecule has 0 aliphatic carbocycles. The maximum atomic E-state index is 12.5. The lowest BCUT2D eigenvalue weighted by Crippen LogP contribution is -2.29. The third-order valence-electron chi connectivity index (χ3n) is 3.70. The number of carbonyl (C=O) groups is 2. The summed E-state index contributed by atoms with van der Waals surface area (Å²) >= 11 is 6.48. The number of unbranched alkanes of at least 4 members (excludes halogenated alkanes) is 1. The fourth-order valence-corrected chi connectivity index (χ4v) is 3.76. The van der Waals surface area contributed by atoms with Gasteiger partial charge in [0.1, 0.15) is 10.1 Å². The number of carboxylic acids is 1. The van der Waals surface area contributed by atoms with Gasteiger partial charge >= 0.3 is 0 Å². The Morgan fingerprint density at radius 3 is 2.54 bits per heavy atom. The van der Waals surface area contributed by atoms with Gasteiger partial charge in [0.05, 0.1) is 4.91 Å². The number of rotatable bonds is 6. The third kappa shape index (κ3) is 4.36. The van der Waals surface area contributed by atoms with Crippen LogP contribution in [0, 0.1) is 13.8 Å². The molecule has 0 bridgehead atoms. The quantitative estimate of drug-likeness (QED) is 0.473. The highest BCUT2D eigenvalue weighted by molar-refractivity contribution is 8.26. The summed E-state index contributed by atoms with van der Waals surface area (Å²) in [6, 6.07) is 3.63. The monoisotopic (exact) mass is 364 g/mol. The SMILES string of the molecule is Cc1cc(/C=C2\SC(=S)N(CCCCC(=O)[O-])C2=O)cc(C)c1O. The van der Waals surface area contributed by atoms with Gasteiger partial charge in [0.15, 0.2) is 0 Å². The van der Waals surface area contributed by atoms with E-state index in [1.807, 2.05) is 26.0 Å². The number of aromatic hydroxyl groups is 1. The smallest absolute Gasteiger partial charge is 0.266 e. The number of carboxylic acid groups (broad SMARTS) is 1. The minimum Gasteiger partial charge on any atom is -0.550 e. The summed E-state index contributed by atoms with van der Waals surface area (Å²) in [5.74, 6) is -0.993. The Morgan fingerprint density at radius 1 is 1.33 bits per heavy atom. The second-order valence-electron chi connectivity index (χ2n) is 5.67. The van der Waals surface area contributed by atoms with Crippen LogP contribution in [0.25, 0.3) is 6.08 Å². The molecule has 1 N–H and O–H groups in total. The first-order chi connectivity index (χ1) is 11.3. The molecule has 0 aromatic heterocycles. The molecule has 1 aromatic rings. The zero-order chi connectivity index (χ0) is 17.9. The Hall–Kier alpha value is -1.86. The van der Waals surface area contributed by atoms with E-state index in [1.165, 1.54) is 16.7 Å². The Labute approximate surface area is 150 Å². The lowest BCUT2D eigenvalue weighted by molar-refractivity contribution is -0.305. The zero-order valence-corrected chi connectivity index (χ0v) is 15.1. The molecular formula is C17H18NO4S2-. The van der Waals surface area contributed by atoms with Gasteiger partial charge in [0.2, 0.25) is 0 Å². The van der Waals surface area contributed by atoms with E-state index >= 15 is 0 Å². The van der Waals surface area contributed by atoms with Crippen molar-refractivity contribution >= 4 is 46.3 Å². The summed E-state index contributed by atoms with van der Waals surface area (Å²) in [5, 5.41) is 20.2. The summed E-state index contributed by atoms with van der Waals surface area (Å²) in [6.07, 6.45) is 2.76. The van der Waals surface area contributed by atoms with Crippen LogP contribution in [-0.4, -0.2) is 32.7 Å². The van der Waals surface area contributed by atoms with Gasteiger partial charge in [-0.1, -0.05) is 24.0 Å². The second-order valence-corrected chi connectivity index (χ2v) is 7.34. The van der Waals surface area contributed by atoms with Crippen LogP contribution in [0.3, 0.4) is 0 Å². The van der Waals surface area contributed by atoms with Gasteiger partial charge in [-0.15, -0.1) is 0 Å². The van der Waals surface area contributed by atoms with Crippen molar-refractivity contribution in [2.24, 2.45) is 0 Å². The fraction of sp³-hybridized carbons (Fsp3) is 0.353. The van der Waals surface area contributed by atoms with Gasteiger partial charge in [0.25, 0.3) is 5.91 Å². The van der Waals surface area contributed by atoms with Crippen molar-refractivity contribution in [3.05, 3.63) is 33.7 Å². The van der Waals surface area contributed by atoms with Crippen LogP contribution in [0.4, 0.5) is 0 Å². The molecule has 128 valence electrons. The molecule has 1 saturated heterocycles. The molecule has 1 heterocycles. The summed E-state index contributed by atoms with van der Waals surface area (Å²) in [4.78, 5) is 24.9. The molecule has 0 spiro atoms. The number of hydrogen-bond acceptors (Lipinski definition) is 6. The van der Waals surface area contributed by atoms with E-state index < -0.39 is 5.97 Å². The molecule has 0 radical (unpaired) electrons. The first-order valence-corrected chi connectivity index (χ1v) is 8.77. The van der Waals surface area contributed by atoms with Gasteiger partial charge in [0, 0.05) is 12.5 Å². The molecule has 0 unspecified atom stereocenters. The van der Waals surface area contributed by atoms with Crippen molar-refractivity contribution in [3.8, 4) is 5.75 Å². The van der Waals surface area contributed by atoms with Gasteiger partial charge in [-0.25, -0.2) is 0 Å². The average molecular weight is 364 g/mol. The molecule has 0 atom stereocenters. The van der Waals surface area contributed by atoms with Crippen molar-refractivity contribution < 1.29 is 19.8 Å². The van der Waals surface area contributed by atoms with Crippen LogP contribution in [0.5, 0.6) is 5.75 Å². The van der Waals surface area contributed by atoms with Gasteiger partial charge in [-0.05, 0) is 68.0 Å². The Bertz CT molecular complexity index is 704. The standard InChI is InChI=1S/C17H19NO4S2/c1-10-7-12(8-11(2)15(10)21)9-13-16(22)18(17(23)24-13)6-4-3-5-14(19)20/h7-9,21H,3-6H2,1-2H3,(H,19,20)/p-1/b13-9-. The highest BCUT2D eigenvalue weighted by Crippen LogP contribution is 2.33. The summed E-state index contributed by atoms with van der Waals surface area (Å²) in [7, 11) is 0. The van der Waals surface area contributed by atoms with Crippen LogP contribution in [0.2, 0.25) is 0 Å². The number of hydrogen-bond donors (Lipinski definition) is 1. The zero-order valence-electron chi connectivity index (χ0n) is 13.5. The Balaban J connectivity index is 2.09. The molecule has 2 rings (SSSR count). The maximum Gasteiger partial charge on any atom is 0.266 e. The predicted octanol–water partition coefficient (Wildman–Crippen LogP) is 2.13. The minimum absolute atomic E-state index is 0.0172. The van der Waals surface area contributed by atoms with Crippen LogP contribution >= 0.6 is 24.0 Å². The Kier molecular flexibility index (Phi) is 6.01. The molecule has 1 aliphatic rings. The molecule has 1 fully saturated rings. The molecule has 0 saturated carbocycles. The number of aryl methyl sites for hydroxylation is 2. The molecular weight excluding hydrogens is 346 g/mol. The normalized spacial score (nSPS) is 16.2. The van der Waals surface area contributed by atoms with Crippen molar-refractivity contribution in [3.63, 3.8) is 0 Å². The third-order valence-corrected chi connectivity index (χ3v) is 5.08. The molecule has 1 aromatic carbocycles. The van der Waals surface area contributed by atoms with E-state index in [2.05, 4.69) is 0 Å². The molecule has 1 aliphatic heterocycles. The van der Waals surface area contributed by atoms with Crippen molar-refractivity contribution in [1.82, 2.24) is 4.90 Å². The number of thioether (sulfide) groups is 1. The van der Waals surface area contributed by atoms with E-state index in [1.54, 1.807) is 6.08 Å². The lowest BCUT2D eigenvalue weighted by atomic mass is 10.1. The van der Waals surface area contributed by atoms with E-state index in [9.17, 15) is 19.8 Å². The van der Waals surface area contributed by atoms with Crippen LogP contribution < -0.4 is 5.11 Å². The molecule has 5 nitrogen and oxygen atoms in total. The number of aliphatic carboxylic acids is 1. The van der Waals surface area contributed by atoms with E-state index in [0.717, 1.165) is 16.7 Å². The second kappa shape index (κ2) is 7.81.